The van der Waals surface area contributed by atoms with Gasteiger partial charge in [-0.25, -0.2) is 4.79 Å². The van der Waals surface area contributed by atoms with Crippen molar-refractivity contribution in [3.05, 3.63) is 29.6 Å². The maximum atomic E-state index is 11.3. The molecule has 1 aromatic carbocycles. The summed E-state index contributed by atoms with van der Waals surface area (Å²) in [6.07, 6.45) is 2.07. The highest BCUT2D eigenvalue weighted by atomic mass is 16.5. The molecule has 2 aromatic rings. The van der Waals surface area contributed by atoms with Gasteiger partial charge in [-0.1, -0.05) is 0 Å². The molecular formula is C12H12N4O3. The van der Waals surface area contributed by atoms with Gasteiger partial charge in [-0.2, -0.15) is 4.68 Å². The van der Waals surface area contributed by atoms with Gasteiger partial charge in [0.05, 0.1) is 18.4 Å². The first-order chi connectivity index (χ1) is 9.20. The summed E-state index contributed by atoms with van der Waals surface area (Å²) < 4.78 is 6.62. The molecule has 1 N–H and O–H groups in total. The van der Waals surface area contributed by atoms with Gasteiger partial charge in [-0.05, 0) is 35.4 Å². The van der Waals surface area contributed by atoms with Crippen molar-refractivity contribution in [2.24, 2.45) is 0 Å². The molecule has 7 heteroatoms. The van der Waals surface area contributed by atoms with Gasteiger partial charge in [0.15, 0.2) is 5.82 Å². The zero-order chi connectivity index (χ0) is 13.4. The van der Waals surface area contributed by atoms with Crippen LogP contribution in [0.4, 0.5) is 0 Å². The van der Waals surface area contributed by atoms with Crippen LogP contribution in [0.2, 0.25) is 0 Å². The van der Waals surface area contributed by atoms with Gasteiger partial charge in [0, 0.05) is 12.0 Å². The molecule has 0 unspecified atom stereocenters. The SMILES string of the molecule is COc1ccc(C(=O)O)c(-n2nnnc2C2CC2)c1. The predicted octanol–water partition coefficient (Wildman–Crippen LogP) is 1.25. The maximum absolute atomic E-state index is 11.3. The summed E-state index contributed by atoms with van der Waals surface area (Å²) in [6.45, 7) is 0. The van der Waals surface area contributed by atoms with Gasteiger partial charge in [-0.15, -0.1) is 5.10 Å². The average molecular weight is 260 g/mol. The number of ether oxygens (including phenoxy) is 1. The van der Waals surface area contributed by atoms with Gasteiger partial charge in [-0.3, -0.25) is 0 Å². The number of aromatic nitrogens is 4. The van der Waals surface area contributed by atoms with Crippen molar-refractivity contribution in [3.63, 3.8) is 0 Å². The third-order valence-electron chi connectivity index (χ3n) is 3.10. The van der Waals surface area contributed by atoms with Gasteiger partial charge < -0.3 is 9.84 Å². The van der Waals surface area contributed by atoms with Crippen molar-refractivity contribution >= 4 is 5.97 Å². The third kappa shape index (κ3) is 2.03. The lowest BCUT2D eigenvalue weighted by Gasteiger charge is -2.09. The average Bonchev–Trinajstić information content (AvgIpc) is 3.15. The number of carbonyl (C=O) groups is 1. The summed E-state index contributed by atoms with van der Waals surface area (Å²) in [7, 11) is 1.53. The molecule has 1 aliphatic carbocycles. The van der Waals surface area contributed by atoms with E-state index in [9.17, 15) is 9.90 Å². The number of carboxylic acids is 1. The smallest absolute Gasteiger partial charge is 0.337 e. The van der Waals surface area contributed by atoms with Crippen LogP contribution in [0.25, 0.3) is 5.69 Å². The van der Waals surface area contributed by atoms with Crippen molar-refractivity contribution in [1.82, 2.24) is 20.2 Å². The summed E-state index contributed by atoms with van der Waals surface area (Å²) in [5.41, 5.74) is 0.578. The van der Waals surface area contributed by atoms with Crippen LogP contribution in [0.3, 0.4) is 0 Å². The number of rotatable bonds is 4. The zero-order valence-corrected chi connectivity index (χ0v) is 10.3. The van der Waals surface area contributed by atoms with Crippen LogP contribution >= 0.6 is 0 Å². The van der Waals surface area contributed by atoms with Crippen LogP contribution in [0.1, 0.15) is 34.9 Å². The van der Waals surface area contributed by atoms with Gasteiger partial charge in [0.25, 0.3) is 0 Å². The number of tetrazole rings is 1. The molecule has 19 heavy (non-hydrogen) atoms. The molecule has 1 aliphatic rings. The molecule has 1 saturated carbocycles. The van der Waals surface area contributed by atoms with Crippen LogP contribution in [0.5, 0.6) is 5.75 Å². The molecule has 0 bridgehead atoms. The Labute approximate surface area is 108 Å². The first-order valence-corrected chi connectivity index (χ1v) is 5.90. The Balaban J connectivity index is 2.16. The number of carboxylic acid groups (broad SMARTS) is 1. The molecule has 1 heterocycles. The van der Waals surface area contributed by atoms with Crippen LogP contribution < -0.4 is 4.74 Å². The van der Waals surface area contributed by atoms with Gasteiger partial charge in [0.1, 0.15) is 5.75 Å². The highest BCUT2D eigenvalue weighted by Crippen LogP contribution is 2.39. The summed E-state index contributed by atoms with van der Waals surface area (Å²) in [5.74, 6) is 0.575. The summed E-state index contributed by atoms with van der Waals surface area (Å²) in [4.78, 5) is 11.3. The topological polar surface area (TPSA) is 90.1 Å². The second-order valence-corrected chi connectivity index (χ2v) is 4.41. The van der Waals surface area contributed by atoms with E-state index in [-0.39, 0.29) is 5.56 Å². The van der Waals surface area contributed by atoms with Crippen LogP contribution in [-0.4, -0.2) is 38.4 Å². The first-order valence-electron chi connectivity index (χ1n) is 5.90. The van der Waals surface area contributed by atoms with E-state index < -0.39 is 5.97 Å². The van der Waals surface area contributed by atoms with Crippen molar-refractivity contribution in [2.75, 3.05) is 7.11 Å². The number of aromatic carboxylic acids is 1. The van der Waals surface area contributed by atoms with Crippen LogP contribution in [-0.2, 0) is 0 Å². The Kier molecular flexibility index (Phi) is 2.66. The lowest BCUT2D eigenvalue weighted by Crippen LogP contribution is -2.09. The summed E-state index contributed by atoms with van der Waals surface area (Å²) >= 11 is 0. The largest absolute Gasteiger partial charge is 0.497 e. The molecule has 98 valence electrons. The number of methoxy groups -OCH3 is 1. The monoisotopic (exact) mass is 260 g/mol. The van der Waals surface area contributed by atoms with Gasteiger partial charge in [0.2, 0.25) is 0 Å². The second kappa shape index (κ2) is 4.34. The molecule has 3 rings (SSSR count). The fourth-order valence-corrected chi connectivity index (χ4v) is 1.96. The minimum absolute atomic E-state index is 0.148. The molecule has 1 fully saturated rings. The van der Waals surface area contributed by atoms with E-state index in [0.717, 1.165) is 12.8 Å². The minimum atomic E-state index is -1.02. The number of benzene rings is 1. The molecule has 0 amide bonds. The highest BCUT2D eigenvalue weighted by Gasteiger charge is 2.31. The minimum Gasteiger partial charge on any atom is -0.497 e. The Hall–Kier alpha value is -2.44. The standard InChI is InChI=1S/C12H12N4O3/c1-19-8-4-5-9(12(17)18)10(6-8)16-11(7-2-3-7)13-14-15-16/h4-7H,2-3H2,1H3,(H,17,18). The lowest BCUT2D eigenvalue weighted by atomic mass is 10.1. The maximum Gasteiger partial charge on any atom is 0.337 e. The summed E-state index contributed by atoms with van der Waals surface area (Å²) in [6, 6.07) is 4.73. The fraction of sp³-hybridized carbons (Fsp3) is 0.333. The van der Waals surface area contributed by atoms with Crippen LogP contribution in [0.15, 0.2) is 18.2 Å². The Morgan fingerprint density at radius 3 is 2.89 bits per heavy atom. The van der Waals surface area contributed by atoms with Crippen LogP contribution in [0, 0.1) is 0 Å². The number of hydrogen-bond acceptors (Lipinski definition) is 5. The van der Waals surface area contributed by atoms with E-state index in [1.807, 2.05) is 0 Å². The van der Waals surface area contributed by atoms with Crippen molar-refractivity contribution in [3.8, 4) is 11.4 Å². The fourth-order valence-electron chi connectivity index (χ4n) is 1.96. The van der Waals surface area contributed by atoms with Gasteiger partial charge >= 0.3 is 5.97 Å². The normalized spacial score (nSPS) is 14.4. The van der Waals surface area contributed by atoms with E-state index in [4.69, 9.17) is 4.74 Å². The quantitative estimate of drug-likeness (QED) is 0.889. The Morgan fingerprint density at radius 1 is 1.47 bits per heavy atom. The second-order valence-electron chi connectivity index (χ2n) is 4.41. The predicted molar refractivity (Wildman–Crippen MR) is 64.6 cm³/mol. The van der Waals surface area contributed by atoms with E-state index in [1.54, 1.807) is 12.1 Å². The highest BCUT2D eigenvalue weighted by molar-refractivity contribution is 5.92. The Morgan fingerprint density at radius 2 is 2.26 bits per heavy atom. The molecule has 0 spiro atoms. The van der Waals surface area contributed by atoms with E-state index in [1.165, 1.54) is 17.9 Å². The van der Waals surface area contributed by atoms with E-state index in [2.05, 4.69) is 15.5 Å². The van der Waals surface area contributed by atoms with E-state index >= 15 is 0 Å². The zero-order valence-electron chi connectivity index (χ0n) is 10.3. The molecule has 7 nitrogen and oxygen atoms in total. The van der Waals surface area contributed by atoms with Crippen molar-refractivity contribution < 1.29 is 14.6 Å². The third-order valence-corrected chi connectivity index (χ3v) is 3.10. The molecule has 0 radical (unpaired) electrons. The molecule has 0 atom stereocenters. The molecule has 0 aliphatic heterocycles. The molecule has 0 saturated heterocycles. The molecular weight excluding hydrogens is 248 g/mol. The van der Waals surface area contributed by atoms with E-state index in [0.29, 0.717) is 23.2 Å². The molecule has 1 aromatic heterocycles. The Bertz CT molecular complexity index is 634. The lowest BCUT2D eigenvalue weighted by molar-refractivity contribution is 0.0696. The first kappa shape index (κ1) is 11.6. The van der Waals surface area contributed by atoms with Crippen molar-refractivity contribution in [2.45, 2.75) is 18.8 Å². The number of nitrogens with zero attached hydrogens (tertiary/aromatic N) is 4. The number of hydrogen-bond donors (Lipinski definition) is 1. The van der Waals surface area contributed by atoms with Crippen molar-refractivity contribution in [1.29, 1.82) is 0 Å². The summed E-state index contributed by atoms with van der Waals surface area (Å²) in [5, 5.41) is 20.8.